The molecule has 1 heterocycles. The number of hydrogen-bond donors (Lipinski definition) is 5. The Bertz CT molecular complexity index is 254. The van der Waals surface area contributed by atoms with Crippen LogP contribution in [-0.4, -0.2) is 39.4 Å². The first-order valence-corrected chi connectivity index (χ1v) is 3.98. The van der Waals surface area contributed by atoms with E-state index in [1.165, 1.54) is 0 Å². The SMILES string of the molecule is Cc1nc(NCC(O)CO)[nH]c1N. The molecule has 6 nitrogen and oxygen atoms in total. The quantitative estimate of drug-likeness (QED) is 0.417. The minimum absolute atomic E-state index is 0.239. The van der Waals surface area contributed by atoms with E-state index in [1.807, 2.05) is 0 Å². The van der Waals surface area contributed by atoms with Gasteiger partial charge in [-0.15, -0.1) is 0 Å². The Balaban J connectivity index is 2.45. The highest BCUT2D eigenvalue weighted by Gasteiger charge is 2.05. The highest BCUT2D eigenvalue weighted by atomic mass is 16.3. The molecule has 0 saturated carbocycles. The maximum absolute atomic E-state index is 9.01. The molecule has 0 fully saturated rings. The third-order valence-electron chi connectivity index (χ3n) is 1.64. The lowest BCUT2D eigenvalue weighted by molar-refractivity contribution is 0.105. The summed E-state index contributed by atoms with van der Waals surface area (Å²) in [6.45, 7) is 1.74. The zero-order valence-corrected chi connectivity index (χ0v) is 7.41. The molecule has 74 valence electrons. The van der Waals surface area contributed by atoms with Gasteiger partial charge >= 0.3 is 0 Å². The van der Waals surface area contributed by atoms with Gasteiger partial charge in [0.25, 0.3) is 0 Å². The van der Waals surface area contributed by atoms with Crippen molar-refractivity contribution >= 4 is 11.8 Å². The van der Waals surface area contributed by atoms with Crippen LogP contribution in [0.4, 0.5) is 11.8 Å². The topological polar surface area (TPSA) is 107 Å². The molecule has 0 radical (unpaired) electrons. The minimum Gasteiger partial charge on any atom is -0.394 e. The van der Waals surface area contributed by atoms with Crippen LogP contribution in [0.5, 0.6) is 0 Å². The first-order chi connectivity index (χ1) is 6.13. The number of nitrogens with two attached hydrogens (primary N) is 1. The zero-order chi connectivity index (χ0) is 9.84. The number of aliphatic hydroxyl groups is 2. The highest BCUT2D eigenvalue weighted by molar-refractivity contribution is 5.43. The van der Waals surface area contributed by atoms with Gasteiger partial charge in [0.15, 0.2) is 0 Å². The van der Waals surface area contributed by atoms with Crippen molar-refractivity contribution in [2.75, 3.05) is 24.2 Å². The largest absolute Gasteiger partial charge is 0.394 e. The fraction of sp³-hybridized carbons (Fsp3) is 0.571. The van der Waals surface area contributed by atoms with Crippen molar-refractivity contribution in [3.05, 3.63) is 5.69 Å². The number of aryl methyl sites for hydroxylation is 1. The van der Waals surface area contributed by atoms with Crippen molar-refractivity contribution in [2.24, 2.45) is 0 Å². The molecule has 0 amide bonds. The van der Waals surface area contributed by atoms with Crippen molar-refractivity contribution in [3.63, 3.8) is 0 Å². The second-order valence-corrected chi connectivity index (χ2v) is 2.80. The Hall–Kier alpha value is -1.27. The number of nitrogen functional groups attached to an aromatic ring is 1. The summed E-state index contributed by atoms with van der Waals surface area (Å²) >= 11 is 0. The van der Waals surface area contributed by atoms with Crippen LogP contribution in [0.3, 0.4) is 0 Å². The second kappa shape index (κ2) is 4.11. The van der Waals surface area contributed by atoms with E-state index in [-0.39, 0.29) is 13.2 Å². The molecule has 1 atom stereocenters. The zero-order valence-electron chi connectivity index (χ0n) is 7.41. The monoisotopic (exact) mass is 186 g/mol. The fourth-order valence-electron chi connectivity index (χ4n) is 0.837. The van der Waals surface area contributed by atoms with E-state index in [2.05, 4.69) is 15.3 Å². The molecule has 1 aromatic rings. The second-order valence-electron chi connectivity index (χ2n) is 2.80. The minimum atomic E-state index is -0.786. The molecule has 0 aliphatic heterocycles. The first-order valence-electron chi connectivity index (χ1n) is 3.98. The number of nitrogens with zero attached hydrogens (tertiary/aromatic N) is 1. The molecule has 1 aromatic heterocycles. The van der Waals surface area contributed by atoms with Crippen LogP contribution in [0.2, 0.25) is 0 Å². The molecular formula is C7H14N4O2. The number of imidazole rings is 1. The number of rotatable bonds is 4. The highest BCUT2D eigenvalue weighted by Crippen LogP contribution is 2.09. The molecular weight excluding hydrogens is 172 g/mol. The Labute approximate surface area is 75.8 Å². The Morgan fingerprint density at radius 2 is 2.38 bits per heavy atom. The number of aliphatic hydroxyl groups excluding tert-OH is 2. The summed E-state index contributed by atoms with van der Waals surface area (Å²) in [4.78, 5) is 6.82. The van der Waals surface area contributed by atoms with Gasteiger partial charge in [-0.1, -0.05) is 0 Å². The van der Waals surface area contributed by atoms with Crippen molar-refractivity contribution < 1.29 is 10.2 Å². The Kier molecular flexibility index (Phi) is 3.10. The molecule has 0 aromatic carbocycles. The Morgan fingerprint density at radius 3 is 2.85 bits per heavy atom. The fourth-order valence-corrected chi connectivity index (χ4v) is 0.837. The van der Waals surface area contributed by atoms with Crippen molar-refractivity contribution in [3.8, 4) is 0 Å². The lowest BCUT2D eigenvalue weighted by Crippen LogP contribution is -2.23. The molecule has 1 unspecified atom stereocenters. The number of anilines is 2. The van der Waals surface area contributed by atoms with Crippen molar-refractivity contribution in [2.45, 2.75) is 13.0 Å². The standard InChI is InChI=1S/C7H14N4O2/c1-4-6(8)11-7(10-4)9-2-5(13)3-12/h5,12-13H,2-3,8H2,1H3,(H2,9,10,11). The molecule has 13 heavy (non-hydrogen) atoms. The van der Waals surface area contributed by atoms with E-state index in [9.17, 15) is 0 Å². The normalized spacial score (nSPS) is 12.8. The number of H-pyrrole nitrogens is 1. The van der Waals surface area contributed by atoms with Crippen LogP contribution in [0.1, 0.15) is 5.69 Å². The molecule has 0 spiro atoms. The maximum Gasteiger partial charge on any atom is 0.202 e. The lowest BCUT2D eigenvalue weighted by Gasteiger charge is -2.06. The van der Waals surface area contributed by atoms with E-state index in [1.54, 1.807) is 6.92 Å². The van der Waals surface area contributed by atoms with Gasteiger partial charge < -0.3 is 26.2 Å². The third-order valence-corrected chi connectivity index (χ3v) is 1.64. The average molecular weight is 186 g/mol. The van der Waals surface area contributed by atoms with E-state index < -0.39 is 6.10 Å². The van der Waals surface area contributed by atoms with Gasteiger partial charge in [-0.3, -0.25) is 0 Å². The predicted molar refractivity (Wildman–Crippen MR) is 49.3 cm³/mol. The van der Waals surface area contributed by atoms with Crippen LogP contribution >= 0.6 is 0 Å². The molecule has 6 N–H and O–H groups in total. The molecule has 0 bridgehead atoms. The van der Waals surface area contributed by atoms with Crippen LogP contribution in [0.25, 0.3) is 0 Å². The predicted octanol–water partition coefficient (Wildman–Crippen LogP) is -0.935. The van der Waals surface area contributed by atoms with E-state index in [0.717, 1.165) is 0 Å². The smallest absolute Gasteiger partial charge is 0.202 e. The van der Waals surface area contributed by atoms with Gasteiger partial charge in [-0.05, 0) is 6.92 Å². The van der Waals surface area contributed by atoms with Crippen LogP contribution in [0.15, 0.2) is 0 Å². The third kappa shape index (κ3) is 2.60. The maximum atomic E-state index is 9.01. The molecule has 1 rings (SSSR count). The van der Waals surface area contributed by atoms with Gasteiger partial charge in [-0.2, -0.15) is 0 Å². The lowest BCUT2D eigenvalue weighted by atomic mass is 10.4. The summed E-state index contributed by atoms with van der Waals surface area (Å²) in [5, 5.41) is 20.3. The number of hydrogen-bond acceptors (Lipinski definition) is 5. The summed E-state index contributed by atoms with van der Waals surface area (Å²) in [7, 11) is 0. The van der Waals surface area contributed by atoms with Crippen molar-refractivity contribution in [1.29, 1.82) is 0 Å². The summed E-state index contributed by atoms with van der Waals surface area (Å²) in [6, 6.07) is 0. The van der Waals surface area contributed by atoms with E-state index in [0.29, 0.717) is 17.5 Å². The van der Waals surface area contributed by atoms with Crippen LogP contribution < -0.4 is 11.1 Å². The van der Waals surface area contributed by atoms with E-state index in [4.69, 9.17) is 15.9 Å². The van der Waals surface area contributed by atoms with Crippen LogP contribution in [0, 0.1) is 6.92 Å². The molecule has 0 saturated heterocycles. The average Bonchev–Trinajstić information content (AvgIpc) is 2.42. The summed E-state index contributed by atoms with van der Waals surface area (Å²) in [6.07, 6.45) is -0.786. The molecule has 0 aliphatic rings. The summed E-state index contributed by atoms with van der Waals surface area (Å²) in [5.74, 6) is 1.00. The van der Waals surface area contributed by atoms with Gasteiger partial charge in [0.1, 0.15) is 5.82 Å². The molecule has 6 heteroatoms. The van der Waals surface area contributed by atoms with Gasteiger partial charge in [-0.25, -0.2) is 4.98 Å². The van der Waals surface area contributed by atoms with Gasteiger partial charge in [0.2, 0.25) is 5.95 Å². The van der Waals surface area contributed by atoms with Crippen molar-refractivity contribution in [1.82, 2.24) is 9.97 Å². The number of nitrogens with one attached hydrogen (secondary N) is 2. The van der Waals surface area contributed by atoms with E-state index >= 15 is 0 Å². The van der Waals surface area contributed by atoms with Crippen LogP contribution in [-0.2, 0) is 0 Å². The number of aromatic amines is 1. The van der Waals surface area contributed by atoms with Gasteiger partial charge in [0, 0.05) is 6.54 Å². The van der Waals surface area contributed by atoms with Gasteiger partial charge in [0.05, 0.1) is 18.4 Å². The number of aromatic nitrogens is 2. The first kappa shape index (κ1) is 9.82. The summed E-state index contributed by atoms with van der Waals surface area (Å²) in [5.41, 5.74) is 6.22. The summed E-state index contributed by atoms with van der Waals surface area (Å²) < 4.78 is 0. The Morgan fingerprint density at radius 1 is 1.69 bits per heavy atom. The molecule has 0 aliphatic carbocycles.